The number of hydrogen-bond donors (Lipinski definition) is 1. The number of carbonyl (C=O) groups is 1. The van der Waals surface area contributed by atoms with Gasteiger partial charge in [0.1, 0.15) is 5.75 Å². The third-order valence-electron chi connectivity index (χ3n) is 3.83. The molecule has 1 amide bonds. The summed E-state index contributed by atoms with van der Waals surface area (Å²) in [5.41, 5.74) is -1.38. The van der Waals surface area contributed by atoms with Crippen LogP contribution in [0.25, 0.3) is 0 Å². The van der Waals surface area contributed by atoms with Crippen LogP contribution in [0.4, 0.5) is 13.2 Å². The first-order valence-electron chi connectivity index (χ1n) is 7.96. The minimum absolute atomic E-state index is 0.112. The quantitative estimate of drug-likeness (QED) is 0.878. The predicted molar refractivity (Wildman–Crippen MR) is 86.2 cm³/mol. The van der Waals surface area contributed by atoms with Gasteiger partial charge in [0.25, 0.3) is 11.6 Å². The molecule has 1 aliphatic heterocycles. The van der Waals surface area contributed by atoms with Crippen molar-refractivity contribution in [1.29, 1.82) is 0 Å². The van der Waals surface area contributed by atoms with Crippen LogP contribution >= 0.6 is 0 Å². The highest BCUT2D eigenvalue weighted by molar-refractivity contribution is 5.91. The number of aliphatic hydroxyl groups is 1. The summed E-state index contributed by atoms with van der Waals surface area (Å²) in [5, 5.41) is 13.9. The summed E-state index contributed by atoms with van der Waals surface area (Å²) in [6.07, 6.45) is -4.91. The minimum atomic E-state index is -5.01. The Morgan fingerprint density at radius 1 is 1.32 bits per heavy atom. The van der Waals surface area contributed by atoms with Crippen molar-refractivity contribution in [2.24, 2.45) is 5.10 Å². The number of nitrogens with zero attached hydrogens (tertiary/aromatic N) is 2. The lowest BCUT2D eigenvalue weighted by Crippen LogP contribution is -2.57. The molecule has 0 spiro atoms. The van der Waals surface area contributed by atoms with Crippen LogP contribution in [0.3, 0.4) is 0 Å². The molecule has 5 nitrogen and oxygen atoms in total. The highest BCUT2D eigenvalue weighted by atomic mass is 19.4. The molecule has 1 aliphatic rings. The van der Waals surface area contributed by atoms with Crippen LogP contribution in [-0.2, 0) is 4.79 Å². The van der Waals surface area contributed by atoms with Crippen molar-refractivity contribution in [2.75, 3.05) is 6.61 Å². The second-order valence-electron chi connectivity index (χ2n) is 6.23. The topological polar surface area (TPSA) is 62.1 Å². The largest absolute Gasteiger partial charge is 0.484 e. The molecule has 138 valence electrons. The number of carbonyl (C=O) groups excluding carboxylic acids is 1. The van der Waals surface area contributed by atoms with E-state index in [1.54, 1.807) is 19.1 Å². The molecule has 0 bridgehead atoms. The summed E-state index contributed by atoms with van der Waals surface area (Å²) in [7, 11) is 0. The number of benzene rings is 1. The van der Waals surface area contributed by atoms with E-state index in [2.05, 4.69) is 5.10 Å². The van der Waals surface area contributed by atoms with Gasteiger partial charge in [-0.05, 0) is 43.5 Å². The van der Waals surface area contributed by atoms with Gasteiger partial charge in [-0.25, -0.2) is 0 Å². The van der Waals surface area contributed by atoms with E-state index in [9.17, 15) is 23.1 Å². The lowest BCUT2D eigenvalue weighted by atomic mass is 10.0. The standard InChI is InChI=1S/C17H21F3N2O3/c1-4-5-13-9-16(24,17(18,19)20)22(21-13)15(23)10-25-14-7-11(2)6-12(3)8-14/h6-8,24H,4-5,9-10H2,1-3H3/t16-/m1/s1. The lowest BCUT2D eigenvalue weighted by Gasteiger charge is -2.32. The molecule has 0 fully saturated rings. The third kappa shape index (κ3) is 4.12. The SMILES string of the molecule is CCCC1=NN(C(=O)COc2cc(C)cc(C)c2)[C@](O)(C(F)(F)F)C1. The molecule has 0 radical (unpaired) electrons. The average molecular weight is 358 g/mol. The Hall–Kier alpha value is -2.09. The molecule has 2 rings (SSSR count). The van der Waals surface area contributed by atoms with Gasteiger partial charge in [0.05, 0.1) is 0 Å². The Labute approximate surface area is 144 Å². The second kappa shape index (κ2) is 7.03. The number of aryl methyl sites for hydroxylation is 2. The number of amides is 1. The first kappa shape index (κ1) is 19.2. The molecule has 1 aromatic carbocycles. The lowest BCUT2D eigenvalue weighted by molar-refractivity contribution is -0.302. The van der Waals surface area contributed by atoms with E-state index in [0.29, 0.717) is 12.2 Å². The van der Waals surface area contributed by atoms with Gasteiger partial charge in [0.15, 0.2) is 6.61 Å². The van der Waals surface area contributed by atoms with E-state index >= 15 is 0 Å². The van der Waals surface area contributed by atoms with Gasteiger partial charge >= 0.3 is 6.18 Å². The van der Waals surface area contributed by atoms with Crippen molar-refractivity contribution in [3.63, 3.8) is 0 Å². The predicted octanol–water partition coefficient (Wildman–Crippen LogP) is 3.32. The fourth-order valence-electron chi connectivity index (χ4n) is 2.75. The smallest absolute Gasteiger partial charge is 0.438 e. The first-order valence-corrected chi connectivity index (χ1v) is 7.96. The van der Waals surface area contributed by atoms with Gasteiger partial charge in [0.2, 0.25) is 0 Å². The van der Waals surface area contributed by atoms with E-state index in [-0.39, 0.29) is 17.1 Å². The van der Waals surface area contributed by atoms with Crippen molar-refractivity contribution < 1.29 is 27.8 Å². The summed E-state index contributed by atoms with van der Waals surface area (Å²) in [5.74, 6) is -0.677. The van der Waals surface area contributed by atoms with Crippen LogP contribution < -0.4 is 4.74 Å². The first-order chi connectivity index (χ1) is 11.6. The molecule has 0 saturated heterocycles. The summed E-state index contributed by atoms with van der Waals surface area (Å²) >= 11 is 0. The number of hydrazone groups is 1. The molecule has 0 aliphatic carbocycles. The van der Waals surface area contributed by atoms with Crippen molar-refractivity contribution in [1.82, 2.24) is 5.01 Å². The molecule has 1 N–H and O–H groups in total. The summed E-state index contributed by atoms with van der Waals surface area (Å²) < 4.78 is 45.1. The average Bonchev–Trinajstić information content (AvgIpc) is 2.82. The van der Waals surface area contributed by atoms with Gasteiger partial charge in [0, 0.05) is 12.1 Å². The molecule has 0 aromatic heterocycles. The van der Waals surface area contributed by atoms with E-state index < -0.39 is 30.8 Å². The number of alkyl halides is 3. The molecule has 1 heterocycles. The van der Waals surface area contributed by atoms with Crippen LogP contribution in [0.1, 0.15) is 37.3 Å². The zero-order valence-corrected chi connectivity index (χ0v) is 14.4. The van der Waals surface area contributed by atoms with Crippen LogP contribution in [0, 0.1) is 13.8 Å². The van der Waals surface area contributed by atoms with Crippen molar-refractivity contribution in [2.45, 2.75) is 51.9 Å². The van der Waals surface area contributed by atoms with Crippen LogP contribution in [0.2, 0.25) is 0 Å². The normalized spacial score (nSPS) is 20.6. The van der Waals surface area contributed by atoms with Crippen molar-refractivity contribution in [3.05, 3.63) is 29.3 Å². The summed E-state index contributed by atoms with van der Waals surface area (Å²) in [6, 6.07) is 5.25. The zero-order valence-electron chi connectivity index (χ0n) is 14.4. The molecular weight excluding hydrogens is 337 g/mol. The number of rotatable bonds is 5. The molecule has 25 heavy (non-hydrogen) atoms. The molecule has 0 saturated carbocycles. The van der Waals surface area contributed by atoms with E-state index in [1.165, 1.54) is 0 Å². The van der Waals surface area contributed by atoms with Gasteiger partial charge in [-0.3, -0.25) is 4.79 Å². The Balaban J connectivity index is 2.16. The monoisotopic (exact) mass is 358 g/mol. The number of hydrogen-bond acceptors (Lipinski definition) is 4. The van der Waals surface area contributed by atoms with Crippen molar-refractivity contribution >= 4 is 11.6 Å². The summed E-state index contributed by atoms with van der Waals surface area (Å²) in [4.78, 5) is 12.2. The van der Waals surface area contributed by atoms with Crippen molar-refractivity contribution in [3.8, 4) is 5.75 Å². The highest BCUT2D eigenvalue weighted by Crippen LogP contribution is 2.40. The van der Waals surface area contributed by atoms with Gasteiger partial charge in [-0.15, -0.1) is 0 Å². The summed E-state index contributed by atoms with van der Waals surface area (Å²) in [6.45, 7) is 4.81. The maximum atomic E-state index is 13.3. The van der Waals surface area contributed by atoms with Crippen LogP contribution in [-0.4, -0.2) is 40.2 Å². The molecule has 0 unspecified atom stereocenters. The maximum Gasteiger partial charge on any atom is 0.438 e. The highest BCUT2D eigenvalue weighted by Gasteiger charge is 2.63. The Bertz CT molecular complexity index is 668. The Morgan fingerprint density at radius 3 is 2.44 bits per heavy atom. The Morgan fingerprint density at radius 2 is 1.92 bits per heavy atom. The fourth-order valence-corrected chi connectivity index (χ4v) is 2.75. The zero-order chi connectivity index (χ0) is 18.8. The number of halogens is 3. The van der Waals surface area contributed by atoms with Crippen LogP contribution in [0.5, 0.6) is 5.75 Å². The van der Waals surface area contributed by atoms with Crippen LogP contribution in [0.15, 0.2) is 23.3 Å². The van der Waals surface area contributed by atoms with E-state index in [1.807, 2.05) is 19.9 Å². The number of ether oxygens (including phenoxy) is 1. The third-order valence-corrected chi connectivity index (χ3v) is 3.83. The van der Waals surface area contributed by atoms with E-state index in [0.717, 1.165) is 11.1 Å². The fraction of sp³-hybridized carbons (Fsp3) is 0.529. The maximum absolute atomic E-state index is 13.3. The second-order valence-corrected chi connectivity index (χ2v) is 6.23. The molecule has 1 atom stereocenters. The van der Waals surface area contributed by atoms with Gasteiger partial charge < -0.3 is 9.84 Å². The minimum Gasteiger partial charge on any atom is -0.484 e. The molecular formula is C17H21F3N2O3. The van der Waals surface area contributed by atoms with Gasteiger partial charge in [-0.2, -0.15) is 23.3 Å². The Kier molecular flexibility index (Phi) is 5.41. The molecule has 1 aromatic rings. The van der Waals surface area contributed by atoms with E-state index in [4.69, 9.17) is 4.74 Å². The van der Waals surface area contributed by atoms with Gasteiger partial charge in [-0.1, -0.05) is 19.4 Å². The molecule has 8 heteroatoms.